The van der Waals surface area contributed by atoms with E-state index in [4.69, 9.17) is 0 Å². The van der Waals surface area contributed by atoms with E-state index in [0.29, 0.717) is 18.1 Å². The summed E-state index contributed by atoms with van der Waals surface area (Å²) in [6.07, 6.45) is 6.33. The van der Waals surface area contributed by atoms with Crippen molar-refractivity contribution in [1.82, 2.24) is 19.7 Å². The Morgan fingerprint density at radius 1 is 1.09 bits per heavy atom. The molecule has 0 aromatic carbocycles. The van der Waals surface area contributed by atoms with E-state index in [2.05, 4.69) is 60.9 Å². The lowest BCUT2D eigenvalue weighted by Gasteiger charge is -2.28. The number of nitrogens with zero attached hydrogens (tertiary/aromatic N) is 4. The van der Waals surface area contributed by atoms with E-state index in [1.807, 2.05) is 17.1 Å². The van der Waals surface area contributed by atoms with E-state index in [9.17, 15) is 0 Å². The first-order valence-electron chi connectivity index (χ1n) is 8.33. The minimum absolute atomic E-state index is 0.342. The summed E-state index contributed by atoms with van der Waals surface area (Å²) in [4.78, 5) is 7.18. The molecule has 0 bridgehead atoms. The molecular formula is C18H26N4. The minimum Gasteiger partial charge on any atom is -0.294 e. The van der Waals surface area contributed by atoms with E-state index in [1.165, 1.54) is 24.9 Å². The van der Waals surface area contributed by atoms with Gasteiger partial charge >= 0.3 is 0 Å². The summed E-state index contributed by atoms with van der Waals surface area (Å²) in [5.74, 6) is 0. The topological polar surface area (TPSA) is 34.0 Å². The summed E-state index contributed by atoms with van der Waals surface area (Å²) in [6, 6.07) is 7.93. The van der Waals surface area contributed by atoms with Gasteiger partial charge in [0.2, 0.25) is 0 Å². The third kappa shape index (κ3) is 2.80. The minimum atomic E-state index is 0.342. The van der Waals surface area contributed by atoms with Gasteiger partial charge in [0.1, 0.15) is 0 Å². The lowest BCUT2D eigenvalue weighted by Crippen LogP contribution is -2.30. The van der Waals surface area contributed by atoms with Crippen LogP contribution in [0, 0.1) is 0 Å². The van der Waals surface area contributed by atoms with E-state index < -0.39 is 0 Å². The first-order valence-corrected chi connectivity index (χ1v) is 8.33. The summed E-state index contributed by atoms with van der Waals surface area (Å²) in [5, 5.41) is 4.43. The average Bonchev–Trinajstić information content (AvgIpc) is 3.16. The molecule has 3 rings (SSSR count). The lowest BCUT2D eigenvalue weighted by atomic mass is 10.0. The summed E-state index contributed by atoms with van der Waals surface area (Å²) in [6.45, 7) is 10.1. The van der Waals surface area contributed by atoms with Gasteiger partial charge < -0.3 is 0 Å². The van der Waals surface area contributed by atoms with Crippen molar-refractivity contribution >= 4 is 0 Å². The zero-order valence-electron chi connectivity index (χ0n) is 14.0. The molecule has 1 fully saturated rings. The Morgan fingerprint density at radius 3 is 2.64 bits per heavy atom. The molecule has 2 aromatic heterocycles. The molecule has 2 aromatic rings. The van der Waals surface area contributed by atoms with Crippen molar-refractivity contribution in [3.8, 4) is 11.4 Å². The van der Waals surface area contributed by atoms with Crippen molar-refractivity contribution in [1.29, 1.82) is 0 Å². The lowest BCUT2D eigenvalue weighted by molar-refractivity contribution is 0.205. The Morgan fingerprint density at radius 2 is 1.91 bits per heavy atom. The quantitative estimate of drug-likeness (QED) is 0.853. The number of pyridine rings is 1. The van der Waals surface area contributed by atoms with Gasteiger partial charge in [-0.25, -0.2) is 0 Å². The molecule has 118 valence electrons. The van der Waals surface area contributed by atoms with E-state index in [1.54, 1.807) is 0 Å². The second-order valence-corrected chi connectivity index (χ2v) is 6.72. The number of likely N-dealkylation sites (tertiary alicyclic amines) is 1. The van der Waals surface area contributed by atoms with Gasteiger partial charge in [-0.05, 0) is 70.8 Å². The van der Waals surface area contributed by atoms with Crippen LogP contribution in [-0.4, -0.2) is 32.3 Å². The van der Waals surface area contributed by atoms with E-state index >= 15 is 0 Å². The number of aromatic nitrogens is 3. The van der Waals surface area contributed by atoms with Crippen LogP contribution in [-0.2, 0) is 0 Å². The normalized spacial score (nSPS) is 19.5. The molecule has 4 heteroatoms. The molecule has 0 unspecified atom stereocenters. The van der Waals surface area contributed by atoms with Gasteiger partial charge in [-0.3, -0.25) is 14.6 Å². The van der Waals surface area contributed by atoms with Gasteiger partial charge in [-0.1, -0.05) is 0 Å². The Hall–Kier alpha value is -1.68. The molecule has 0 saturated carbocycles. The largest absolute Gasteiger partial charge is 0.294 e. The summed E-state index contributed by atoms with van der Waals surface area (Å²) < 4.78 is 2.04. The smallest absolute Gasteiger partial charge is 0.0886 e. The number of hydrogen-bond donors (Lipinski definition) is 0. The third-order valence-electron chi connectivity index (χ3n) is 4.55. The zero-order valence-corrected chi connectivity index (χ0v) is 14.0. The van der Waals surface area contributed by atoms with Crippen LogP contribution in [0.3, 0.4) is 0 Å². The first-order chi connectivity index (χ1) is 10.6. The first kappa shape index (κ1) is 15.2. The Balaban J connectivity index is 1.94. The molecule has 0 aliphatic carbocycles. The van der Waals surface area contributed by atoms with Gasteiger partial charge in [-0.2, -0.15) is 5.10 Å². The summed E-state index contributed by atoms with van der Waals surface area (Å²) >= 11 is 0. The Bertz CT molecular complexity index is 630. The maximum atomic E-state index is 4.59. The zero-order chi connectivity index (χ0) is 15.7. The highest BCUT2D eigenvalue weighted by molar-refractivity contribution is 5.55. The van der Waals surface area contributed by atoms with Crippen molar-refractivity contribution in [2.75, 3.05) is 6.54 Å². The Labute approximate surface area is 133 Å². The second-order valence-electron chi connectivity index (χ2n) is 6.72. The van der Waals surface area contributed by atoms with Gasteiger partial charge in [-0.15, -0.1) is 0 Å². The molecule has 22 heavy (non-hydrogen) atoms. The molecule has 1 atom stereocenters. The fourth-order valence-electron chi connectivity index (χ4n) is 3.49. The maximum absolute atomic E-state index is 4.59. The average molecular weight is 298 g/mol. The monoisotopic (exact) mass is 298 g/mol. The van der Waals surface area contributed by atoms with Crippen LogP contribution >= 0.6 is 0 Å². The second kappa shape index (κ2) is 6.21. The third-order valence-corrected chi connectivity index (χ3v) is 4.55. The number of rotatable bonds is 4. The van der Waals surface area contributed by atoms with Crippen LogP contribution in [0.5, 0.6) is 0 Å². The highest BCUT2D eigenvalue weighted by Crippen LogP contribution is 2.34. The van der Waals surface area contributed by atoms with Crippen molar-refractivity contribution in [3.05, 3.63) is 36.2 Å². The standard InChI is InChI=1S/C18H26N4/c1-13(2)21-11-5-6-17(21)15-7-9-19-16(12-15)18-8-10-20-22(18)14(3)4/h7-10,12-14,17H,5-6,11H2,1-4H3/t17-/m0/s1. The van der Waals surface area contributed by atoms with Crippen molar-refractivity contribution < 1.29 is 0 Å². The molecule has 1 aliphatic heterocycles. The molecule has 1 aliphatic rings. The van der Waals surface area contributed by atoms with Gasteiger partial charge in [0.05, 0.1) is 11.4 Å². The predicted octanol–water partition coefficient (Wildman–Crippen LogP) is 4.07. The fourth-order valence-corrected chi connectivity index (χ4v) is 3.49. The van der Waals surface area contributed by atoms with Crippen LogP contribution in [0.2, 0.25) is 0 Å². The molecule has 4 nitrogen and oxygen atoms in total. The maximum Gasteiger partial charge on any atom is 0.0886 e. The van der Waals surface area contributed by atoms with Gasteiger partial charge in [0.25, 0.3) is 0 Å². The highest BCUT2D eigenvalue weighted by atomic mass is 15.3. The molecule has 0 radical (unpaired) electrons. The number of hydrogen-bond acceptors (Lipinski definition) is 3. The van der Waals surface area contributed by atoms with Crippen LogP contribution < -0.4 is 0 Å². The van der Waals surface area contributed by atoms with Crippen LogP contribution in [0.1, 0.15) is 58.2 Å². The molecule has 1 saturated heterocycles. The fraction of sp³-hybridized carbons (Fsp3) is 0.556. The van der Waals surface area contributed by atoms with E-state index in [-0.39, 0.29) is 0 Å². The van der Waals surface area contributed by atoms with Crippen LogP contribution in [0.25, 0.3) is 11.4 Å². The highest BCUT2D eigenvalue weighted by Gasteiger charge is 2.28. The van der Waals surface area contributed by atoms with Crippen molar-refractivity contribution in [2.45, 2.75) is 58.7 Å². The molecule has 0 N–H and O–H groups in total. The van der Waals surface area contributed by atoms with E-state index in [0.717, 1.165) is 11.4 Å². The van der Waals surface area contributed by atoms with Crippen molar-refractivity contribution in [2.24, 2.45) is 0 Å². The molecule has 0 amide bonds. The molecule has 0 spiro atoms. The summed E-state index contributed by atoms with van der Waals surface area (Å²) in [5.41, 5.74) is 3.51. The summed E-state index contributed by atoms with van der Waals surface area (Å²) in [7, 11) is 0. The molecule has 3 heterocycles. The van der Waals surface area contributed by atoms with Crippen LogP contribution in [0.15, 0.2) is 30.6 Å². The SMILES string of the molecule is CC(C)N1CCC[C@H]1c1ccnc(-c2ccnn2C(C)C)c1. The predicted molar refractivity (Wildman–Crippen MR) is 89.7 cm³/mol. The van der Waals surface area contributed by atoms with Crippen molar-refractivity contribution in [3.63, 3.8) is 0 Å². The van der Waals surface area contributed by atoms with Crippen LogP contribution in [0.4, 0.5) is 0 Å². The van der Waals surface area contributed by atoms with Gasteiger partial charge in [0.15, 0.2) is 0 Å². The Kier molecular flexibility index (Phi) is 4.30. The van der Waals surface area contributed by atoms with Gasteiger partial charge in [0, 0.05) is 30.5 Å². The molecular weight excluding hydrogens is 272 g/mol.